The molecule has 0 fully saturated rings. The van der Waals surface area contributed by atoms with E-state index in [0.29, 0.717) is 5.57 Å². The predicted molar refractivity (Wildman–Crippen MR) is 119 cm³/mol. The molecular weight excluding hydrogens is 333 g/mol. The molecule has 1 rings (SSSR count). The maximum absolute atomic E-state index is 14.7. The summed E-state index contributed by atoms with van der Waals surface area (Å²) in [5.74, 6) is -0.136. The summed E-state index contributed by atoms with van der Waals surface area (Å²) in [6.07, 6.45) is 18.4. The SMILES string of the molecule is CCCCCN=C/C=C(C)/C=C\C=C(C)\C(F)=C/C1=C(C)CCCC1(C)C. The molecule has 2 heteroatoms. The van der Waals surface area contributed by atoms with Gasteiger partial charge in [0.05, 0.1) is 0 Å². The van der Waals surface area contributed by atoms with Gasteiger partial charge in [-0.3, -0.25) is 4.99 Å². The van der Waals surface area contributed by atoms with Crippen molar-refractivity contribution in [1.82, 2.24) is 0 Å². The Hall–Kier alpha value is -1.70. The van der Waals surface area contributed by atoms with Gasteiger partial charge in [0.2, 0.25) is 0 Å². The molecule has 27 heavy (non-hydrogen) atoms. The van der Waals surface area contributed by atoms with Gasteiger partial charge in [-0.25, -0.2) is 4.39 Å². The van der Waals surface area contributed by atoms with Gasteiger partial charge < -0.3 is 0 Å². The third kappa shape index (κ3) is 8.69. The van der Waals surface area contributed by atoms with Crippen molar-refractivity contribution < 1.29 is 4.39 Å². The van der Waals surface area contributed by atoms with Crippen LogP contribution in [0.25, 0.3) is 0 Å². The van der Waals surface area contributed by atoms with E-state index in [0.717, 1.165) is 31.4 Å². The topological polar surface area (TPSA) is 12.4 Å². The Morgan fingerprint density at radius 2 is 1.93 bits per heavy atom. The average molecular weight is 372 g/mol. The number of hydrogen-bond donors (Lipinski definition) is 0. The molecule has 0 aromatic heterocycles. The first-order valence-electron chi connectivity index (χ1n) is 10.4. The Morgan fingerprint density at radius 3 is 2.59 bits per heavy atom. The van der Waals surface area contributed by atoms with E-state index in [9.17, 15) is 4.39 Å². The highest BCUT2D eigenvalue weighted by Gasteiger charge is 2.27. The molecule has 0 amide bonds. The fourth-order valence-corrected chi connectivity index (χ4v) is 3.38. The van der Waals surface area contributed by atoms with E-state index >= 15 is 0 Å². The second-order valence-corrected chi connectivity index (χ2v) is 8.31. The van der Waals surface area contributed by atoms with Crippen molar-refractivity contribution in [3.05, 3.63) is 58.5 Å². The van der Waals surface area contributed by atoms with Crippen molar-refractivity contribution in [2.75, 3.05) is 6.54 Å². The fourth-order valence-electron chi connectivity index (χ4n) is 3.38. The first kappa shape index (κ1) is 23.3. The third-order valence-corrected chi connectivity index (χ3v) is 5.23. The van der Waals surface area contributed by atoms with E-state index in [-0.39, 0.29) is 11.2 Å². The molecule has 0 spiro atoms. The van der Waals surface area contributed by atoms with Gasteiger partial charge in [-0.1, -0.05) is 57.4 Å². The molecule has 0 radical (unpaired) electrons. The van der Waals surface area contributed by atoms with Gasteiger partial charge >= 0.3 is 0 Å². The largest absolute Gasteiger partial charge is 0.293 e. The Labute approximate surface area is 166 Å². The second-order valence-electron chi connectivity index (χ2n) is 8.31. The summed E-state index contributed by atoms with van der Waals surface area (Å²) in [6, 6.07) is 0. The van der Waals surface area contributed by atoms with Crippen molar-refractivity contribution in [1.29, 1.82) is 0 Å². The van der Waals surface area contributed by atoms with Crippen LogP contribution < -0.4 is 0 Å². The molecule has 1 aliphatic carbocycles. The number of aliphatic imine (C=N–C) groups is 1. The minimum atomic E-state index is -0.136. The summed E-state index contributed by atoms with van der Waals surface area (Å²) in [5, 5.41) is 0. The lowest BCUT2D eigenvalue weighted by atomic mass is 9.72. The average Bonchev–Trinajstić information content (AvgIpc) is 2.60. The van der Waals surface area contributed by atoms with Crippen LogP contribution >= 0.6 is 0 Å². The summed E-state index contributed by atoms with van der Waals surface area (Å²) in [5.41, 5.74) is 4.31. The molecule has 0 N–H and O–H groups in total. The quantitative estimate of drug-likeness (QED) is 0.221. The zero-order chi connectivity index (χ0) is 20.3. The molecule has 1 nitrogen and oxygen atoms in total. The monoisotopic (exact) mass is 371 g/mol. The van der Waals surface area contributed by atoms with Gasteiger partial charge in [0.25, 0.3) is 0 Å². The van der Waals surface area contributed by atoms with Gasteiger partial charge in [0.15, 0.2) is 0 Å². The lowest BCUT2D eigenvalue weighted by molar-refractivity contribution is 0.375. The molecule has 0 bridgehead atoms. The van der Waals surface area contributed by atoms with Crippen LogP contribution in [0.2, 0.25) is 0 Å². The molecule has 0 aliphatic heterocycles. The molecule has 0 heterocycles. The molecule has 0 unspecified atom stereocenters. The van der Waals surface area contributed by atoms with Gasteiger partial charge in [0, 0.05) is 12.8 Å². The molecule has 1 aliphatic rings. The summed E-state index contributed by atoms with van der Waals surface area (Å²) in [4.78, 5) is 4.38. The van der Waals surface area contributed by atoms with Crippen molar-refractivity contribution in [2.45, 2.75) is 80.1 Å². The van der Waals surface area contributed by atoms with E-state index in [1.165, 1.54) is 30.4 Å². The number of rotatable bonds is 9. The normalized spacial score (nSPS) is 19.6. The van der Waals surface area contributed by atoms with Crippen LogP contribution in [0.5, 0.6) is 0 Å². The second kappa shape index (κ2) is 11.9. The summed E-state index contributed by atoms with van der Waals surface area (Å²) in [7, 11) is 0. The van der Waals surface area contributed by atoms with Crippen LogP contribution in [0.15, 0.2) is 63.5 Å². The third-order valence-electron chi connectivity index (χ3n) is 5.23. The fraction of sp³-hybridized carbons (Fsp3) is 0.560. The van der Waals surface area contributed by atoms with Gasteiger partial charge in [0.1, 0.15) is 5.83 Å². The molecule has 0 saturated heterocycles. The summed E-state index contributed by atoms with van der Waals surface area (Å²) >= 11 is 0. The van der Waals surface area contributed by atoms with Crippen LogP contribution in [0.4, 0.5) is 4.39 Å². The predicted octanol–water partition coefficient (Wildman–Crippen LogP) is 8.08. The highest BCUT2D eigenvalue weighted by atomic mass is 19.1. The minimum absolute atomic E-state index is 0.0611. The maximum Gasteiger partial charge on any atom is 0.126 e. The molecule has 150 valence electrons. The first-order chi connectivity index (χ1) is 12.8. The lowest BCUT2D eigenvalue weighted by Gasteiger charge is -2.33. The molecule has 0 atom stereocenters. The van der Waals surface area contributed by atoms with Gasteiger partial charge in [-0.2, -0.15) is 0 Å². The van der Waals surface area contributed by atoms with E-state index in [2.05, 4.69) is 32.7 Å². The molecule has 0 aromatic carbocycles. The molecular formula is C25H38FN. The van der Waals surface area contributed by atoms with Crippen LogP contribution in [0.1, 0.15) is 80.1 Å². The molecule has 0 saturated carbocycles. The van der Waals surface area contributed by atoms with E-state index in [4.69, 9.17) is 0 Å². The molecule has 0 aromatic rings. The van der Waals surface area contributed by atoms with Gasteiger partial charge in [-0.05, 0) is 80.7 Å². The van der Waals surface area contributed by atoms with Crippen LogP contribution in [-0.2, 0) is 0 Å². The van der Waals surface area contributed by atoms with Gasteiger partial charge in [-0.15, -0.1) is 0 Å². The van der Waals surface area contributed by atoms with Crippen molar-refractivity contribution >= 4 is 6.21 Å². The first-order valence-corrected chi connectivity index (χ1v) is 10.4. The Balaban J connectivity index is 2.71. The number of hydrogen-bond acceptors (Lipinski definition) is 1. The lowest BCUT2D eigenvalue weighted by Crippen LogP contribution is -2.19. The minimum Gasteiger partial charge on any atom is -0.293 e. The van der Waals surface area contributed by atoms with E-state index in [1.54, 1.807) is 6.08 Å². The smallest absolute Gasteiger partial charge is 0.126 e. The van der Waals surface area contributed by atoms with Crippen molar-refractivity contribution in [3.63, 3.8) is 0 Å². The number of unbranched alkanes of at least 4 members (excludes halogenated alkanes) is 2. The van der Waals surface area contributed by atoms with E-state index < -0.39 is 0 Å². The number of nitrogens with zero attached hydrogens (tertiary/aromatic N) is 1. The highest BCUT2D eigenvalue weighted by Crippen LogP contribution is 2.41. The van der Waals surface area contributed by atoms with E-state index in [1.807, 2.05) is 44.4 Å². The van der Waals surface area contributed by atoms with Crippen LogP contribution in [0, 0.1) is 5.41 Å². The Morgan fingerprint density at radius 1 is 1.19 bits per heavy atom. The van der Waals surface area contributed by atoms with Crippen LogP contribution in [0.3, 0.4) is 0 Å². The van der Waals surface area contributed by atoms with Crippen LogP contribution in [-0.4, -0.2) is 12.8 Å². The standard InChI is InChI=1S/C25H38FN/c1-7-8-9-17-27-18-15-20(2)12-10-13-22(4)24(26)19-23-21(3)14-11-16-25(23,5)6/h10,12-13,15,18-19H,7-9,11,14,16-17H2,1-6H3/b12-10-,20-15+,22-13+,24-19+,27-18?. The number of halogens is 1. The summed E-state index contributed by atoms with van der Waals surface area (Å²) in [6.45, 7) is 13.5. The van der Waals surface area contributed by atoms with Crippen molar-refractivity contribution in [3.8, 4) is 0 Å². The maximum atomic E-state index is 14.7. The zero-order valence-corrected chi connectivity index (χ0v) is 18.2. The number of allylic oxidation sites excluding steroid dienone is 10. The Bertz CT molecular complexity index is 654. The van der Waals surface area contributed by atoms with Crippen molar-refractivity contribution in [2.24, 2.45) is 10.4 Å². The Kier molecular flexibility index (Phi) is 10.3. The summed E-state index contributed by atoms with van der Waals surface area (Å²) < 4.78 is 14.7. The highest BCUT2D eigenvalue weighted by molar-refractivity contribution is 5.72. The zero-order valence-electron chi connectivity index (χ0n) is 18.2.